The molecule has 0 bridgehead atoms. The Morgan fingerprint density at radius 2 is 1.50 bits per heavy atom. The lowest BCUT2D eigenvalue weighted by atomic mass is 9.97. The van der Waals surface area contributed by atoms with Gasteiger partial charge in [-0.1, -0.05) is 72.0 Å². The van der Waals surface area contributed by atoms with Crippen molar-refractivity contribution in [1.82, 2.24) is 29.0 Å². The van der Waals surface area contributed by atoms with Gasteiger partial charge in [-0.25, -0.2) is 9.36 Å². The van der Waals surface area contributed by atoms with E-state index in [0.717, 1.165) is 11.1 Å². The zero-order valence-corrected chi connectivity index (χ0v) is 22.1. The van der Waals surface area contributed by atoms with Crippen LogP contribution >= 0.6 is 11.3 Å². The standard InChI is InChI=1S/C28H26N6O3S/c1-18-21-23(35)33(28(2)14-17-31(3)26(28)36)27(37)32(25(21)38-24(18)34-29-15-16-30-34)22(19-10-6-4-7-11-19)20-12-8-5-9-13-20/h4-13,15-16,22H,14,17H2,1-3H3/t28-/m0/s1. The van der Waals surface area contributed by atoms with Crippen molar-refractivity contribution in [1.29, 1.82) is 0 Å². The Kier molecular flexibility index (Phi) is 5.64. The van der Waals surface area contributed by atoms with Crippen LogP contribution in [-0.4, -0.2) is 48.5 Å². The van der Waals surface area contributed by atoms with Crippen molar-refractivity contribution in [2.75, 3.05) is 13.6 Å². The molecule has 0 N–H and O–H groups in total. The van der Waals surface area contributed by atoms with Gasteiger partial charge in [0.1, 0.15) is 15.4 Å². The number of carbonyl (C=O) groups is 1. The van der Waals surface area contributed by atoms with Crippen molar-refractivity contribution >= 4 is 27.5 Å². The summed E-state index contributed by atoms with van der Waals surface area (Å²) in [6.45, 7) is 3.99. The fourth-order valence-electron chi connectivity index (χ4n) is 5.45. The highest BCUT2D eigenvalue weighted by molar-refractivity contribution is 7.21. The molecular formula is C28H26N6O3S. The quantitative estimate of drug-likeness (QED) is 0.350. The Balaban J connectivity index is 1.78. The highest BCUT2D eigenvalue weighted by Gasteiger charge is 2.46. The van der Waals surface area contributed by atoms with Crippen LogP contribution in [0.15, 0.2) is 82.6 Å². The summed E-state index contributed by atoms with van der Waals surface area (Å²) >= 11 is 1.30. The Hall–Kier alpha value is -4.31. The van der Waals surface area contributed by atoms with Gasteiger partial charge < -0.3 is 4.90 Å². The third-order valence-corrected chi connectivity index (χ3v) is 8.72. The van der Waals surface area contributed by atoms with Gasteiger partial charge in [0.25, 0.3) is 5.56 Å². The number of thiophene rings is 1. The van der Waals surface area contributed by atoms with Gasteiger partial charge in [-0.2, -0.15) is 10.2 Å². The van der Waals surface area contributed by atoms with Gasteiger partial charge in [0.05, 0.1) is 23.8 Å². The van der Waals surface area contributed by atoms with Crippen LogP contribution in [0.3, 0.4) is 0 Å². The molecule has 1 atom stereocenters. The number of aryl methyl sites for hydroxylation is 1. The highest BCUT2D eigenvalue weighted by Crippen LogP contribution is 2.36. The van der Waals surface area contributed by atoms with Crippen molar-refractivity contribution in [3.63, 3.8) is 0 Å². The minimum Gasteiger partial charge on any atom is -0.344 e. The minimum absolute atomic E-state index is 0.250. The molecule has 0 unspecified atom stereocenters. The third-order valence-electron chi connectivity index (χ3n) is 7.46. The maximum Gasteiger partial charge on any atom is 0.333 e. The molecule has 9 nitrogen and oxygen atoms in total. The molecular weight excluding hydrogens is 500 g/mol. The monoisotopic (exact) mass is 526 g/mol. The number of likely N-dealkylation sites (N-methyl/N-ethyl adjacent to an activating group) is 1. The maximum atomic E-state index is 14.6. The van der Waals surface area contributed by atoms with E-state index in [4.69, 9.17) is 0 Å². The van der Waals surface area contributed by atoms with E-state index >= 15 is 0 Å². The summed E-state index contributed by atoms with van der Waals surface area (Å²) in [5.41, 5.74) is 0.146. The van der Waals surface area contributed by atoms with Crippen molar-refractivity contribution < 1.29 is 4.79 Å². The predicted octanol–water partition coefficient (Wildman–Crippen LogP) is 3.33. The molecule has 1 aliphatic rings. The lowest BCUT2D eigenvalue weighted by Gasteiger charge is -2.28. The van der Waals surface area contributed by atoms with E-state index in [2.05, 4.69) is 10.2 Å². The molecule has 5 aromatic rings. The summed E-state index contributed by atoms with van der Waals surface area (Å²) in [5, 5.41) is 9.60. The van der Waals surface area contributed by atoms with Crippen LogP contribution < -0.4 is 11.2 Å². The molecule has 2 aromatic carbocycles. The molecule has 1 aliphatic heterocycles. The molecule has 0 aliphatic carbocycles. The lowest BCUT2D eigenvalue weighted by molar-refractivity contribution is -0.133. The van der Waals surface area contributed by atoms with Crippen molar-refractivity contribution in [2.45, 2.75) is 31.8 Å². The summed E-state index contributed by atoms with van der Waals surface area (Å²) in [7, 11) is 1.70. The van der Waals surface area contributed by atoms with Crippen LogP contribution in [0, 0.1) is 6.92 Å². The molecule has 1 fully saturated rings. The van der Waals surface area contributed by atoms with E-state index < -0.39 is 22.8 Å². The third kappa shape index (κ3) is 3.47. The molecule has 192 valence electrons. The fraction of sp³-hybridized carbons (Fsp3) is 0.250. The Labute approximate surface area is 222 Å². The number of aromatic nitrogens is 5. The Morgan fingerprint density at radius 3 is 2.03 bits per heavy atom. The lowest BCUT2D eigenvalue weighted by Crippen LogP contribution is -2.54. The Morgan fingerprint density at radius 1 is 0.921 bits per heavy atom. The first-order chi connectivity index (χ1) is 18.3. The van der Waals surface area contributed by atoms with Crippen LogP contribution in [0.25, 0.3) is 15.2 Å². The van der Waals surface area contributed by atoms with E-state index in [-0.39, 0.29) is 5.91 Å². The first-order valence-electron chi connectivity index (χ1n) is 12.4. The van der Waals surface area contributed by atoms with Gasteiger partial charge in [-0.3, -0.25) is 14.2 Å². The molecule has 1 saturated heterocycles. The number of fused-ring (bicyclic) bond motifs is 1. The number of likely N-dealkylation sites (tertiary alicyclic amines) is 1. The van der Waals surface area contributed by atoms with Crippen LogP contribution in [-0.2, 0) is 10.3 Å². The molecule has 0 spiro atoms. The summed E-state index contributed by atoms with van der Waals surface area (Å²) in [6.07, 6.45) is 3.50. The second kappa shape index (κ2) is 8.91. The number of hydrogen-bond donors (Lipinski definition) is 0. The molecule has 38 heavy (non-hydrogen) atoms. The number of benzene rings is 2. The number of carbonyl (C=O) groups excluding carboxylic acids is 1. The van der Waals surface area contributed by atoms with E-state index in [1.165, 1.54) is 20.7 Å². The molecule has 6 rings (SSSR count). The zero-order chi connectivity index (χ0) is 26.6. The number of nitrogens with zero attached hydrogens (tertiary/aromatic N) is 6. The SMILES string of the molecule is Cc1c(-n2nccn2)sc2c1c(=O)n([C@@]1(C)CCN(C)C1=O)c(=O)n2C(c1ccccc1)c1ccccc1. The van der Waals surface area contributed by atoms with Gasteiger partial charge in [0, 0.05) is 19.2 Å². The van der Waals surface area contributed by atoms with Crippen molar-refractivity contribution in [3.05, 3.63) is 111 Å². The van der Waals surface area contributed by atoms with Gasteiger partial charge >= 0.3 is 5.69 Å². The predicted molar refractivity (Wildman–Crippen MR) is 146 cm³/mol. The van der Waals surface area contributed by atoms with E-state index in [0.29, 0.717) is 33.7 Å². The Bertz CT molecular complexity index is 1730. The first kappa shape index (κ1) is 24.1. The van der Waals surface area contributed by atoms with E-state index in [1.54, 1.807) is 35.8 Å². The smallest absolute Gasteiger partial charge is 0.333 e. The largest absolute Gasteiger partial charge is 0.344 e. The second-order valence-electron chi connectivity index (χ2n) is 9.80. The van der Waals surface area contributed by atoms with Crippen molar-refractivity contribution in [2.24, 2.45) is 0 Å². The number of hydrogen-bond acceptors (Lipinski definition) is 6. The summed E-state index contributed by atoms with van der Waals surface area (Å²) < 4.78 is 2.85. The average molecular weight is 527 g/mol. The normalized spacial score (nSPS) is 17.7. The summed E-state index contributed by atoms with van der Waals surface area (Å²) in [6, 6.07) is 18.9. The molecule has 10 heteroatoms. The maximum absolute atomic E-state index is 14.6. The molecule has 0 radical (unpaired) electrons. The fourth-order valence-corrected chi connectivity index (χ4v) is 6.69. The summed E-state index contributed by atoms with van der Waals surface area (Å²) in [4.78, 5) is 45.7. The van der Waals surface area contributed by atoms with Gasteiger partial charge in [0.2, 0.25) is 5.91 Å². The van der Waals surface area contributed by atoms with Crippen LogP contribution in [0.4, 0.5) is 0 Å². The first-order valence-corrected chi connectivity index (χ1v) is 13.2. The van der Waals surface area contributed by atoms with Gasteiger partial charge in [0.15, 0.2) is 0 Å². The van der Waals surface area contributed by atoms with Crippen LogP contribution in [0.2, 0.25) is 0 Å². The van der Waals surface area contributed by atoms with Gasteiger partial charge in [-0.05, 0) is 31.4 Å². The van der Waals surface area contributed by atoms with Crippen molar-refractivity contribution in [3.8, 4) is 5.00 Å². The van der Waals surface area contributed by atoms with Gasteiger partial charge in [-0.15, -0.1) is 4.80 Å². The van der Waals surface area contributed by atoms with Crippen LogP contribution in [0.1, 0.15) is 36.1 Å². The van der Waals surface area contributed by atoms with Crippen LogP contribution in [0.5, 0.6) is 0 Å². The van der Waals surface area contributed by atoms with E-state index in [9.17, 15) is 14.4 Å². The average Bonchev–Trinajstić information content (AvgIpc) is 3.64. The molecule has 1 amide bonds. The molecule has 4 heterocycles. The minimum atomic E-state index is -1.30. The number of amides is 1. The molecule has 3 aromatic heterocycles. The number of rotatable bonds is 5. The highest BCUT2D eigenvalue weighted by atomic mass is 32.1. The second-order valence-corrected chi connectivity index (χ2v) is 10.8. The van der Waals surface area contributed by atoms with E-state index in [1.807, 2.05) is 67.6 Å². The zero-order valence-electron chi connectivity index (χ0n) is 21.2. The summed E-state index contributed by atoms with van der Waals surface area (Å²) in [5.74, 6) is -0.250. The topological polar surface area (TPSA) is 95.0 Å². The molecule has 0 saturated carbocycles.